The van der Waals surface area contributed by atoms with Crippen LogP contribution in [0.1, 0.15) is 6.92 Å². The molecule has 1 atom stereocenters. The van der Waals surface area contributed by atoms with Gasteiger partial charge in [-0.25, -0.2) is 4.79 Å². The Balaban J connectivity index is 1.48. The summed E-state index contributed by atoms with van der Waals surface area (Å²) in [5.74, 6) is 0.532. The lowest BCUT2D eigenvalue weighted by atomic mass is 10.2. The highest BCUT2D eigenvalue weighted by Gasteiger charge is 2.19. The van der Waals surface area contributed by atoms with Gasteiger partial charge in [-0.05, 0) is 43.3 Å². The second-order valence-corrected chi connectivity index (χ2v) is 6.16. The van der Waals surface area contributed by atoms with Crippen molar-refractivity contribution in [3.63, 3.8) is 0 Å². The van der Waals surface area contributed by atoms with Crippen molar-refractivity contribution in [3.8, 4) is 17.2 Å². The Hall–Kier alpha value is -2.93. The van der Waals surface area contributed by atoms with Crippen LogP contribution in [0.25, 0.3) is 0 Å². The molecule has 27 heavy (non-hydrogen) atoms. The SMILES string of the molecule is C[C@H](OC(=O)COc1ccc(Cl)cc1)C(=O)Nc1ccc2c(c1)OCCO2. The van der Waals surface area contributed by atoms with Crippen molar-refractivity contribution in [3.05, 3.63) is 47.5 Å². The van der Waals surface area contributed by atoms with Gasteiger partial charge in [0.15, 0.2) is 24.2 Å². The van der Waals surface area contributed by atoms with Gasteiger partial charge >= 0.3 is 5.97 Å². The van der Waals surface area contributed by atoms with Crippen LogP contribution in [-0.2, 0) is 14.3 Å². The topological polar surface area (TPSA) is 83.1 Å². The zero-order valence-electron chi connectivity index (χ0n) is 14.6. The molecule has 0 radical (unpaired) electrons. The molecule has 0 unspecified atom stereocenters. The Morgan fingerprint density at radius 2 is 1.81 bits per heavy atom. The van der Waals surface area contributed by atoms with Crippen LogP contribution in [0.5, 0.6) is 17.2 Å². The predicted molar refractivity (Wildman–Crippen MR) is 98.6 cm³/mol. The molecule has 1 aliphatic rings. The van der Waals surface area contributed by atoms with E-state index in [1.807, 2.05) is 0 Å². The van der Waals surface area contributed by atoms with Crippen molar-refractivity contribution in [2.45, 2.75) is 13.0 Å². The van der Waals surface area contributed by atoms with Gasteiger partial charge in [0, 0.05) is 16.8 Å². The van der Waals surface area contributed by atoms with Gasteiger partial charge in [-0.1, -0.05) is 11.6 Å². The van der Waals surface area contributed by atoms with Crippen molar-refractivity contribution in [2.24, 2.45) is 0 Å². The van der Waals surface area contributed by atoms with E-state index in [4.69, 9.17) is 30.5 Å². The maximum atomic E-state index is 12.2. The summed E-state index contributed by atoms with van der Waals surface area (Å²) in [6.07, 6.45) is -0.987. The Morgan fingerprint density at radius 1 is 1.11 bits per heavy atom. The molecule has 1 aliphatic heterocycles. The number of hydrogen-bond acceptors (Lipinski definition) is 6. The first-order chi connectivity index (χ1) is 13.0. The molecule has 3 rings (SSSR count). The summed E-state index contributed by atoms with van der Waals surface area (Å²) in [5, 5.41) is 3.23. The van der Waals surface area contributed by atoms with Crippen LogP contribution in [0.15, 0.2) is 42.5 Å². The van der Waals surface area contributed by atoms with E-state index in [1.165, 1.54) is 6.92 Å². The van der Waals surface area contributed by atoms with Crippen LogP contribution in [0.3, 0.4) is 0 Å². The van der Waals surface area contributed by atoms with Crippen molar-refractivity contribution in [2.75, 3.05) is 25.1 Å². The first kappa shape index (κ1) is 18.8. The molecule has 0 spiro atoms. The highest BCUT2D eigenvalue weighted by Crippen LogP contribution is 2.32. The normalized spacial score (nSPS) is 13.4. The van der Waals surface area contributed by atoms with E-state index in [2.05, 4.69) is 5.32 Å². The van der Waals surface area contributed by atoms with Crippen LogP contribution in [-0.4, -0.2) is 37.8 Å². The summed E-state index contributed by atoms with van der Waals surface area (Å²) >= 11 is 5.78. The molecule has 142 valence electrons. The lowest BCUT2D eigenvalue weighted by Gasteiger charge is -2.19. The number of hydrogen-bond donors (Lipinski definition) is 1. The minimum absolute atomic E-state index is 0.316. The molecule has 1 amide bonds. The van der Waals surface area contributed by atoms with Gasteiger partial charge in [0.05, 0.1) is 0 Å². The van der Waals surface area contributed by atoms with Gasteiger partial charge in [-0.2, -0.15) is 0 Å². The number of esters is 1. The summed E-state index contributed by atoms with van der Waals surface area (Å²) in [5.41, 5.74) is 0.518. The van der Waals surface area contributed by atoms with Gasteiger partial charge in [0.25, 0.3) is 5.91 Å². The monoisotopic (exact) mass is 391 g/mol. The smallest absolute Gasteiger partial charge is 0.344 e. The third kappa shape index (κ3) is 5.27. The van der Waals surface area contributed by atoms with E-state index in [0.717, 1.165) is 0 Å². The minimum atomic E-state index is -0.987. The maximum absolute atomic E-state index is 12.2. The average Bonchev–Trinajstić information content (AvgIpc) is 2.67. The van der Waals surface area contributed by atoms with Crippen molar-refractivity contribution < 1.29 is 28.5 Å². The number of carbonyl (C=O) groups excluding carboxylic acids is 2. The molecular formula is C19H18ClNO6. The van der Waals surface area contributed by atoms with Crippen LogP contribution in [0, 0.1) is 0 Å². The molecule has 1 N–H and O–H groups in total. The molecule has 0 bridgehead atoms. The Kier molecular flexibility index (Phi) is 6.03. The predicted octanol–water partition coefficient (Wildman–Crippen LogP) is 3.06. The lowest BCUT2D eigenvalue weighted by Crippen LogP contribution is -2.31. The fourth-order valence-electron chi connectivity index (χ4n) is 2.32. The molecule has 0 fully saturated rings. The molecule has 0 saturated heterocycles. The van der Waals surface area contributed by atoms with Crippen LogP contribution in [0.2, 0.25) is 5.02 Å². The van der Waals surface area contributed by atoms with E-state index in [9.17, 15) is 9.59 Å². The molecule has 0 aliphatic carbocycles. The number of fused-ring (bicyclic) bond motifs is 1. The number of halogens is 1. The Morgan fingerprint density at radius 3 is 2.56 bits per heavy atom. The van der Waals surface area contributed by atoms with E-state index in [-0.39, 0.29) is 6.61 Å². The zero-order valence-corrected chi connectivity index (χ0v) is 15.3. The summed E-state index contributed by atoms with van der Waals surface area (Å²) in [6, 6.07) is 11.6. The average molecular weight is 392 g/mol. The Labute approximate surface area is 161 Å². The fourth-order valence-corrected chi connectivity index (χ4v) is 2.45. The quantitative estimate of drug-likeness (QED) is 0.762. The van der Waals surface area contributed by atoms with Gasteiger partial charge < -0.3 is 24.3 Å². The highest BCUT2D eigenvalue weighted by atomic mass is 35.5. The van der Waals surface area contributed by atoms with E-state index in [0.29, 0.717) is 41.2 Å². The molecule has 8 heteroatoms. The summed E-state index contributed by atoms with van der Waals surface area (Å²) in [4.78, 5) is 24.1. The van der Waals surface area contributed by atoms with E-state index < -0.39 is 18.0 Å². The number of nitrogens with one attached hydrogen (secondary N) is 1. The summed E-state index contributed by atoms with van der Waals surface area (Å²) in [7, 11) is 0. The van der Waals surface area contributed by atoms with Crippen molar-refractivity contribution >= 4 is 29.2 Å². The third-order valence-electron chi connectivity index (χ3n) is 3.66. The number of ether oxygens (including phenoxy) is 4. The largest absolute Gasteiger partial charge is 0.486 e. The number of amides is 1. The zero-order chi connectivity index (χ0) is 19.2. The summed E-state index contributed by atoms with van der Waals surface area (Å²) in [6.45, 7) is 2.10. The lowest BCUT2D eigenvalue weighted by molar-refractivity contribution is -0.155. The first-order valence-electron chi connectivity index (χ1n) is 8.29. The number of anilines is 1. The van der Waals surface area contributed by atoms with E-state index >= 15 is 0 Å². The molecule has 0 aromatic heterocycles. The van der Waals surface area contributed by atoms with Crippen LogP contribution >= 0.6 is 11.6 Å². The maximum Gasteiger partial charge on any atom is 0.344 e. The van der Waals surface area contributed by atoms with Gasteiger partial charge in [0.2, 0.25) is 0 Å². The van der Waals surface area contributed by atoms with Crippen molar-refractivity contribution in [1.82, 2.24) is 0 Å². The minimum Gasteiger partial charge on any atom is -0.486 e. The molecule has 2 aromatic rings. The summed E-state index contributed by atoms with van der Waals surface area (Å²) < 4.78 is 21.3. The van der Waals surface area contributed by atoms with Gasteiger partial charge in [-0.3, -0.25) is 4.79 Å². The number of carbonyl (C=O) groups is 2. The second-order valence-electron chi connectivity index (χ2n) is 5.72. The highest BCUT2D eigenvalue weighted by molar-refractivity contribution is 6.30. The van der Waals surface area contributed by atoms with E-state index in [1.54, 1.807) is 42.5 Å². The molecule has 1 heterocycles. The van der Waals surface area contributed by atoms with Gasteiger partial charge in [0.1, 0.15) is 19.0 Å². The second kappa shape index (κ2) is 8.64. The van der Waals surface area contributed by atoms with Crippen LogP contribution in [0.4, 0.5) is 5.69 Å². The number of benzene rings is 2. The first-order valence-corrected chi connectivity index (χ1v) is 8.67. The standard InChI is InChI=1S/C19H18ClNO6/c1-12(27-18(22)11-26-15-5-2-13(20)3-6-15)19(23)21-14-4-7-16-17(10-14)25-9-8-24-16/h2-7,10,12H,8-9,11H2,1H3,(H,21,23)/t12-/m0/s1. The molecule has 0 saturated carbocycles. The fraction of sp³-hybridized carbons (Fsp3) is 0.263. The van der Waals surface area contributed by atoms with Gasteiger partial charge in [-0.15, -0.1) is 0 Å². The van der Waals surface area contributed by atoms with Crippen LogP contribution < -0.4 is 19.5 Å². The number of rotatable bonds is 6. The molecule has 7 nitrogen and oxygen atoms in total. The van der Waals surface area contributed by atoms with Crippen molar-refractivity contribution in [1.29, 1.82) is 0 Å². The molecule has 2 aromatic carbocycles. The third-order valence-corrected chi connectivity index (χ3v) is 3.91. The Bertz CT molecular complexity index is 823. The molecular weight excluding hydrogens is 374 g/mol.